The second-order valence-electron chi connectivity index (χ2n) is 5.76. The molecule has 0 saturated heterocycles. The molecule has 140 valence electrons. The molecule has 0 unspecified atom stereocenters. The van der Waals surface area contributed by atoms with Crippen molar-refractivity contribution in [2.75, 3.05) is 7.11 Å². The number of aromatic nitrogens is 1. The molecule has 5 nitrogen and oxygen atoms in total. The maximum Gasteiger partial charge on any atom is 0.186 e. The molecule has 0 aliphatic heterocycles. The standard InChI is InChI=1S/C19H15Cl2NO4S/c1-26-17-5-4-12(13-3-2-6-22-10-13)7-14(17)11-27(24,25)18-9-15(20)8-16(21)19(18)23/h2-10,23H,11H2,1H3. The molecule has 1 heterocycles. The summed E-state index contributed by atoms with van der Waals surface area (Å²) in [6.45, 7) is 0. The van der Waals surface area contributed by atoms with Gasteiger partial charge in [-0.25, -0.2) is 8.42 Å². The largest absolute Gasteiger partial charge is 0.505 e. The Kier molecular flexibility index (Phi) is 5.60. The average Bonchev–Trinajstić information content (AvgIpc) is 2.65. The molecule has 0 spiro atoms. The number of phenolic OH excluding ortho intramolecular Hbond substituents is 1. The third-order valence-corrected chi connectivity index (χ3v) is 6.13. The Hall–Kier alpha value is -2.28. The summed E-state index contributed by atoms with van der Waals surface area (Å²) < 4.78 is 31.1. The van der Waals surface area contributed by atoms with Gasteiger partial charge < -0.3 is 9.84 Å². The monoisotopic (exact) mass is 423 g/mol. The normalized spacial score (nSPS) is 11.4. The van der Waals surface area contributed by atoms with E-state index in [1.807, 2.05) is 12.1 Å². The van der Waals surface area contributed by atoms with Crippen LogP contribution in [0.2, 0.25) is 10.0 Å². The predicted molar refractivity (Wildman–Crippen MR) is 105 cm³/mol. The van der Waals surface area contributed by atoms with Crippen molar-refractivity contribution >= 4 is 33.0 Å². The van der Waals surface area contributed by atoms with Crippen molar-refractivity contribution < 1.29 is 18.3 Å². The molecule has 0 radical (unpaired) electrons. The van der Waals surface area contributed by atoms with Crippen LogP contribution < -0.4 is 4.74 Å². The number of hydrogen-bond donors (Lipinski definition) is 1. The zero-order chi connectivity index (χ0) is 19.6. The first-order valence-corrected chi connectivity index (χ1v) is 10.2. The van der Waals surface area contributed by atoms with Gasteiger partial charge in [0.05, 0.1) is 17.9 Å². The predicted octanol–water partition coefficient (Wildman–Crippen LogP) is 4.74. The van der Waals surface area contributed by atoms with Crippen molar-refractivity contribution in [3.05, 3.63) is 70.5 Å². The Balaban J connectivity index is 2.06. The number of pyridine rings is 1. The minimum atomic E-state index is -3.94. The number of nitrogens with zero attached hydrogens (tertiary/aromatic N) is 1. The first kappa shape index (κ1) is 19.5. The summed E-state index contributed by atoms with van der Waals surface area (Å²) in [7, 11) is -2.47. The van der Waals surface area contributed by atoms with Crippen molar-refractivity contribution in [2.45, 2.75) is 10.6 Å². The number of sulfone groups is 1. The van der Waals surface area contributed by atoms with E-state index in [9.17, 15) is 13.5 Å². The van der Waals surface area contributed by atoms with E-state index in [1.165, 1.54) is 19.2 Å². The van der Waals surface area contributed by atoms with E-state index in [2.05, 4.69) is 4.98 Å². The van der Waals surface area contributed by atoms with E-state index < -0.39 is 21.3 Å². The van der Waals surface area contributed by atoms with Crippen LogP contribution in [-0.2, 0) is 15.6 Å². The average molecular weight is 424 g/mol. The molecule has 0 bridgehead atoms. The second-order valence-corrected chi connectivity index (χ2v) is 8.56. The Morgan fingerprint density at radius 2 is 1.89 bits per heavy atom. The van der Waals surface area contributed by atoms with Gasteiger partial charge in [0.15, 0.2) is 15.6 Å². The number of aromatic hydroxyl groups is 1. The van der Waals surface area contributed by atoms with E-state index in [0.29, 0.717) is 11.3 Å². The van der Waals surface area contributed by atoms with Gasteiger partial charge in [-0.1, -0.05) is 35.3 Å². The van der Waals surface area contributed by atoms with E-state index in [4.69, 9.17) is 27.9 Å². The van der Waals surface area contributed by atoms with E-state index in [-0.39, 0.29) is 14.9 Å². The third kappa shape index (κ3) is 4.18. The molecule has 3 rings (SSSR count). The molecule has 0 saturated carbocycles. The van der Waals surface area contributed by atoms with Gasteiger partial charge in [-0.15, -0.1) is 0 Å². The molecule has 0 fully saturated rings. The Morgan fingerprint density at radius 1 is 1.11 bits per heavy atom. The third-order valence-electron chi connectivity index (χ3n) is 3.95. The first-order chi connectivity index (χ1) is 12.8. The number of benzene rings is 2. The highest BCUT2D eigenvalue weighted by Gasteiger charge is 2.24. The van der Waals surface area contributed by atoms with Gasteiger partial charge in [0.2, 0.25) is 0 Å². The molecular formula is C19H15Cl2NO4S. The SMILES string of the molecule is COc1ccc(-c2cccnc2)cc1CS(=O)(=O)c1cc(Cl)cc(Cl)c1O. The lowest BCUT2D eigenvalue weighted by atomic mass is 10.0. The van der Waals surface area contributed by atoms with Crippen molar-refractivity contribution in [3.8, 4) is 22.6 Å². The van der Waals surface area contributed by atoms with E-state index in [1.54, 1.807) is 30.6 Å². The zero-order valence-electron chi connectivity index (χ0n) is 14.2. The smallest absolute Gasteiger partial charge is 0.186 e. The fourth-order valence-corrected chi connectivity index (χ4v) is 4.78. The van der Waals surface area contributed by atoms with Crippen molar-refractivity contribution in [2.24, 2.45) is 0 Å². The fourth-order valence-electron chi connectivity index (χ4n) is 2.67. The highest BCUT2D eigenvalue weighted by atomic mass is 35.5. The van der Waals surface area contributed by atoms with Crippen LogP contribution in [0, 0.1) is 0 Å². The summed E-state index contributed by atoms with van der Waals surface area (Å²) in [6, 6.07) is 11.3. The molecule has 8 heteroatoms. The summed E-state index contributed by atoms with van der Waals surface area (Å²) in [5.41, 5.74) is 2.07. The van der Waals surface area contributed by atoms with Gasteiger partial charge >= 0.3 is 0 Å². The first-order valence-electron chi connectivity index (χ1n) is 7.80. The molecule has 1 aromatic heterocycles. The maximum absolute atomic E-state index is 12.9. The second kappa shape index (κ2) is 7.76. The molecule has 0 atom stereocenters. The van der Waals surface area contributed by atoms with Gasteiger partial charge in [0.25, 0.3) is 0 Å². The number of halogens is 2. The van der Waals surface area contributed by atoms with Crippen LogP contribution in [-0.4, -0.2) is 25.6 Å². The van der Waals surface area contributed by atoms with Crippen molar-refractivity contribution in [3.63, 3.8) is 0 Å². The summed E-state index contributed by atoms with van der Waals surface area (Å²) >= 11 is 11.8. The van der Waals surface area contributed by atoms with Crippen LogP contribution in [0.1, 0.15) is 5.56 Å². The molecule has 2 aromatic carbocycles. The van der Waals surface area contributed by atoms with Crippen LogP contribution >= 0.6 is 23.2 Å². The molecule has 27 heavy (non-hydrogen) atoms. The number of phenols is 1. The van der Waals surface area contributed by atoms with Crippen LogP contribution in [0.4, 0.5) is 0 Å². The van der Waals surface area contributed by atoms with Gasteiger partial charge in [-0.05, 0) is 35.9 Å². The highest BCUT2D eigenvalue weighted by Crippen LogP contribution is 2.37. The number of ether oxygens (including phenoxy) is 1. The molecule has 3 aromatic rings. The Labute approximate surface area is 167 Å². The van der Waals surface area contributed by atoms with Crippen LogP contribution in [0.25, 0.3) is 11.1 Å². The summed E-state index contributed by atoms with van der Waals surface area (Å²) in [4.78, 5) is 3.75. The molecule has 0 aliphatic rings. The van der Waals surface area contributed by atoms with Crippen LogP contribution in [0.3, 0.4) is 0 Å². The summed E-state index contributed by atoms with van der Waals surface area (Å²) in [5.74, 6) is -0.503. The molecular weight excluding hydrogens is 409 g/mol. The highest BCUT2D eigenvalue weighted by molar-refractivity contribution is 7.90. The van der Waals surface area contributed by atoms with E-state index >= 15 is 0 Å². The number of rotatable bonds is 5. The molecule has 1 N–H and O–H groups in total. The Morgan fingerprint density at radius 3 is 2.56 bits per heavy atom. The zero-order valence-corrected chi connectivity index (χ0v) is 16.5. The van der Waals surface area contributed by atoms with E-state index in [0.717, 1.165) is 11.1 Å². The van der Waals surface area contributed by atoms with Gasteiger partial charge in [0.1, 0.15) is 10.6 Å². The maximum atomic E-state index is 12.9. The minimum Gasteiger partial charge on any atom is -0.505 e. The van der Waals surface area contributed by atoms with Crippen molar-refractivity contribution in [1.82, 2.24) is 4.98 Å². The van der Waals surface area contributed by atoms with Crippen molar-refractivity contribution in [1.29, 1.82) is 0 Å². The Bertz CT molecular complexity index is 1090. The van der Waals surface area contributed by atoms with Gasteiger partial charge in [-0.3, -0.25) is 4.98 Å². The minimum absolute atomic E-state index is 0.118. The van der Waals surface area contributed by atoms with Gasteiger partial charge in [-0.2, -0.15) is 0 Å². The fraction of sp³-hybridized carbons (Fsp3) is 0.105. The van der Waals surface area contributed by atoms with Crippen LogP contribution in [0.5, 0.6) is 11.5 Å². The van der Waals surface area contributed by atoms with Gasteiger partial charge in [0, 0.05) is 28.5 Å². The number of hydrogen-bond acceptors (Lipinski definition) is 5. The lowest BCUT2D eigenvalue weighted by molar-refractivity contribution is 0.411. The molecule has 0 amide bonds. The lowest BCUT2D eigenvalue weighted by Crippen LogP contribution is -2.07. The summed E-state index contributed by atoms with van der Waals surface area (Å²) in [6.07, 6.45) is 3.34. The quantitative estimate of drug-likeness (QED) is 0.640. The number of methoxy groups -OCH3 is 1. The lowest BCUT2D eigenvalue weighted by Gasteiger charge is -2.13. The van der Waals surface area contributed by atoms with Crippen LogP contribution in [0.15, 0.2) is 59.8 Å². The summed E-state index contributed by atoms with van der Waals surface area (Å²) in [5, 5.41) is 10.1. The topological polar surface area (TPSA) is 76.5 Å². The molecule has 0 aliphatic carbocycles.